The number of hydrogen-bond donors (Lipinski definition) is 1. The van der Waals surface area contributed by atoms with Crippen molar-refractivity contribution >= 4 is 21.6 Å². The molecule has 1 fully saturated rings. The number of rotatable bonds is 7. The van der Waals surface area contributed by atoms with Crippen LogP contribution in [0.5, 0.6) is 0 Å². The van der Waals surface area contributed by atoms with Crippen molar-refractivity contribution in [3.63, 3.8) is 0 Å². The maximum absolute atomic E-state index is 13.3. The first-order valence-corrected chi connectivity index (χ1v) is 12.8. The summed E-state index contributed by atoms with van der Waals surface area (Å²) in [6.07, 6.45) is -2.65. The molecule has 0 aliphatic heterocycles. The molecule has 0 spiro atoms. The number of anilines is 1. The Morgan fingerprint density at radius 2 is 1.74 bits per heavy atom. The quantitative estimate of drug-likeness (QED) is 0.589. The number of carbonyl (C=O) groups is 1. The SMILES string of the molecule is Cc1nc([C@@H](C)N(C)C(=O)C2CC2c2ccc(C(C)(C)C(F)(F)F)cc2)ccc1NS(C)(=O)=O. The van der Waals surface area contributed by atoms with Crippen LogP contribution in [0.4, 0.5) is 18.9 Å². The van der Waals surface area contributed by atoms with Crippen molar-refractivity contribution in [1.82, 2.24) is 9.88 Å². The maximum Gasteiger partial charge on any atom is 0.397 e. The van der Waals surface area contributed by atoms with E-state index in [1.165, 1.54) is 12.1 Å². The summed E-state index contributed by atoms with van der Waals surface area (Å²) < 4.78 is 65.2. The van der Waals surface area contributed by atoms with Gasteiger partial charge in [-0.3, -0.25) is 14.5 Å². The molecule has 0 bridgehead atoms. The van der Waals surface area contributed by atoms with Crippen molar-refractivity contribution in [2.24, 2.45) is 5.92 Å². The summed E-state index contributed by atoms with van der Waals surface area (Å²) in [6.45, 7) is 5.84. The first-order chi connectivity index (χ1) is 15.5. The fraction of sp³-hybridized carbons (Fsp3) is 0.500. The molecule has 3 rings (SSSR count). The smallest absolute Gasteiger partial charge is 0.337 e. The highest BCUT2D eigenvalue weighted by Crippen LogP contribution is 2.49. The molecular weight excluding hydrogens is 467 g/mol. The Morgan fingerprint density at radius 1 is 1.15 bits per heavy atom. The maximum atomic E-state index is 13.3. The predicted octanol–water partition coefficient (Wildman–Crippen LogP) is 4.92. The van der Waals surface area contributed by atoms with E-state index in [4.69, 9.17) is 0 Å². The van der Waals surface area contributed by atoms with Gasteiger partial charge < -0.3 is 4.90 Å². The van der Waals surface area contributed by atoms with Crippen molar-refractivity contribution in [1.29, 1.82) is 0 Å². The number of sulfonamides is 1. The molecule has 1 aromatic carbocycles. The first kappa shape index (κ1) is 26.0. The molecule has 1 aliphatic carbocycles. The van der Waals surface area contributed by atoms with Gasteiger partial charge in [0.15, 0.2) is 0 Å². The van der Waals surface area contributed by atoms with Crippen molar-refractivity contribution < 1.29 is 26.4 Å². The topological polar surface area (TPSA) is 79.4 Å². The van der Waals surface area contributed by atoms with E-state index in [1.54, 1.807) is 43.1 Å². The normalized spacial score (nSPS) is 19.4. The molecule has 0 radical (unpaired) electrons. The van der Waals surface area contributed by atoms with Gasteiger partial charge in [-0.1, -0.05) is 24.3 Å². The number of alkyl halides is 3. The number of nitrogens with one attached hydrogen (secondary N) is 1. The Bertz CT molecular complexity index is 1180. The molecule has 1 N–H and O–H groups in total. The molecule has 34 heavy (non-hydrogen) atoms. The molecule has 3 atom stereocenters. The van der Waals surface area contributed by atoms with E-state index >= 15 is 0 Å². The van der Waals surface area contributed by atoms with Gasteiger partial charge in [-0.15, -0.1) is 0 Å². The first-order valence-electron chi connectivity index (χ1n) is 10.9. The Labute approximate surface area is 198 Å². The molecule has 0 saturated heterocycles. The number of aromatic nitrogens is 1. The van der Waals surface area contributed by atoms with E-state index in [1.807, 2.05) is 6.92 Å². The van der Waals surface area contributed by atoms with Gasteiger partial charge in [0.25, 0.3) is 0 Å². The Morgan fingerprint density at radius 3 is 2.24 bits per heavy atom. The van der Waals surface area contributed by atoms with Crippen LogP contribution in [0.3, 0.4) is 0 Å². The fourth-order valence-electron chi connectivity index (χ4n) is 3.92. The Kier molecular flexibility index (Phi) is 6.78. The lowest BCUT2D eigenvalue weighted by atomic mass is 9.83. The third kappa shape index (κ3) is 5.37. The van der Waals surface area contributed by atoms with Crippen LogP contribution in [-0.2, 0) is 20.2 Å². The molecule has 1 amide bonds. The van der Waals surface area contributed by atoms with Crippen LogP contribution in [0, 0.1) is 12.8 Å². The van der Waals surface area contributed by atoms with E-state index in [0.29, 0.717) is 23.5 Å². The largest absolute Gasteiger partial charge is 0.397 e. The van der Waals surface area contributed by atoms with Crippen LogP contribution < -0.4 is 4.72 Å². The molecule has 1 aliphatic rings. The Balaban J connectivity index is 1.68. The second kappa shape index (κ2) is 8.87. The number of halogens is 3. The van der Waals surface area contributed by atoms with E-state index in [-0.39, 0.29) is 29.3 Å². The van der Waals surface area contributed by atoms with E-state index in [9.17, 15) is 26.4 Å². The minimum Gasteiger partial charge on any atom is -0.337 e. The van der Waals surface area contributed by atoms with Gasteiger partial charge in [0.1, 0.15) is 0 Å². The van der Waals surface area contributed by atoms with E-state index < -0.39 is 21.6 Å². The number of nitrogens with zero attached hydrogens (tertiary/aromatic N) is 2. The summed E-state index contributed by atoms with van der Waals surface area (Å²) in [4.78, 5) is 19.1. The highest BCUT2D eigenvalue weighted by molar-refractivity contribution is 7.92. The Hall–Kier alpha value is -2.62. The van der Waals surface area contributed by atoms with Gasteiger partial charge >= 0.3 is 6.18 Å². The van der Waals surface area contributed by atoms with Gasteiger partial charge in [-0.25, -0.2) is 8.42 Å². The van der Waals surface area contributed by atoms with Crippen molar-refractivity contribution in [2.45, 2.75) is 57.7 Å². The monoisotopic (exact) mass is 497 g/mol. The second-order valence-electron chi connectivity index (χ2n) is 9.56. The second-order valence-corrected chi connectivity index (χ2v) is 11.3. The minimum atomic E-state index is -4.35. The third-order valence-electron chi connectivity index (χ3n) is 6.64. The summed E-state index contributed by atoms with van der Waals surface area (Å²) in [5, 5.41) is 0. The predicted molar refractivity (Wildman–Crippen MR) is 125 cm³/mol. The van der Waals surface area contributed by atoms with Crippen LogP contribution >= 0.6 is 0 Å². The molecule has 10 heteroatoms. The number of pyridine rings is 1. The lowest BCUT2D eigenvalue weighted by Gasteiger charge is -2.28. The van der Waals surface area contributed by atoms with Gasteiger partial charge in [-0.2, -0.15) is 13.2 Å². The molecular formula is C24H30F3N3O3S. The summed E-state index contributed by atoms with van der Waals surface area (Å²) in [7, 11) is -1.74. The average molecular weight is 498 g/mol. The number of amides is 1. The van der Waals surface area contributed by atoms with Gasteiger partial charge in [0.05, 0.1) is 34.8 Å². The number of aryl methyl sites for hydroxylation is 1. The fourth-order valence-corrected chi connectivity index (χ4v) is 4.53. The zero-order valence-electron chi connectivity index (χ0n) is 20.1. The van der Waals surface area contributed by atoms with Gasteiger partial charge in [0, 0.05) is 13.0 Å². The van der Waals surface area contributed by atoms with Crippen molar-refractivity contribution in [2.75, 3.05) is 18.0 Å². The van der Waals surface area contributed by atoms with Gasteiger partial charge in [-0.05, 0) is 63.3 Å². The van der Waals surface area contributed by atoms with Crippen LogP contribution in [0.2, 0.25) is 0 Å². The molecule has 1 aromatic heterocycles. The number of benzene rings is 1. The van der Waals surface area contributed by atoms with Crippen LogP contribution in [0.25, 0.3) is 0 Å². The lowest BCUT2D eigenvalue weighted by Crippen LogP contribution is -2.36. The van der Waals surface area contributed by atoms with Crippen molar-refractivity contribution in [3.05, 3.63) is 58.9 Å². The number of hydrogen-bond acceptors (Lipinski definition) is 4. The molecule has 1 heterocycles. The standard InChI is InChI=1S/C24H30F3N3O3S/c1-14-20(29-34(6,32)33)11-12-21(28-14)15(2)30(5)22(31)19-13-18(19)16-7-9-17(10-8-16)23(3,4)24(25,26)27/h7-12,15,18-19,29H,13H2,1-6H3/t15-,18?,19?/m1/s1. The molecule has 6 nitrogen and oxygen atoms in total. The summed E-state index contributed by atoms with van der Waals surface area (Å²) >= 11 is 0. The average Bonchev–Trinajstić information content (AvgIpc) is 3.53. The molecule has 186 valence electrons. The molecule has 2 unspecified atom stereocenters. The zero-order chi connectivity index (χ0) is 25.6. The minimum absolute atomic E-state index is 0.0266. The van der Waals surface area contributed by atoms with E-state index in [2.05, 4.69) is 9.71 Å². The summed E-state index contributed by atoms with van der Waals surface area (Å²) in [5.74, 6) is -0.322. The third-order valence-corrected chi connectivity index (χ3v) is 7.23. The number of carbonyl (C=O) groups excluding carboxylic acids is 1. The highest BCUT2D eigenvalue weighted by Gasteiger charge is 2.49. The lowest BCUT2D eigenvalue weighted by molar-refractivity contribution is -0.180. The van der Waals surface area contributed by atoms with Crippen LogP contribution in [0.1, 0.15) is 61.7 Å². The van der Waals surface area contributed by atoms with E-state index in [0.717, 1.165) is 25.7 Å². The van der Waals surface area contributed by atoms with Crippen LogP contribution in [0.15, 0.2) is 36.4 Å². The van der Waals surface area contributed by atoms with Crippen LogP contribution in [-0.4, -0.2) is 43.7 Å². The summed E-state index contributed by atoms with van der Waals surface area (Å²) in [6, 6.07) is 9.32. The highest BCUT2D eigenvalue weighted by atomic mass is 32.2. The van der Waals surface area contributed by atoms with Crippen molar-refractivity contribution in [3.8, 4) is 0 Å². The zero-order valence-corrected chi connectivity index (χ0v) is 20.9. The molecule has 1 saturated carbocycles. The molecule has 2 aromatic rings. The van der Waals surface area contributed by atoms with Gasteiger partial charge in [0.2, 0.25) is 15.9 Å². The summed E-state index contributed by atoms with van der Waals surface area (Å²) in [5.41, 5.74) is 0.605.